The van der Waals surface area contributed by atoms with Gasteiger partial charge in [0, 0.05) is 24.0 Å². The van der Waals surface area contributed by atoms with Gasteiger partial charge in [-0.1, -0.05) is 20.8 Å². The molecule has 0 aliphatic heterocycles. The second kappa shape index (κ2) is 6.08. The molecule has 0 aliphatic rings. The largest absolute Gasteiger partial charge is 0.329 e. The number of urea groups is 1. The van der Waals surface area contributed by atoms with Crippen molar-refractivity contribution in [3.05, 3.63) is 28.0 Å². The van der Waals surface area contributed by atoms with Gasteiger partial charge in [0.1, 0.15) is 5.01 Å². The number of rotatable bonds is 3. The minimum Gasteiger partial charge on any atom is -0.329 e. The van der Waals surface area contributed by atoms with E-state index in [4.69, 9.17) is 0 Å². The van der Waals surface area contributed by atoms with Crippen LogP contribution >= 0.6 is 11.3 Å². The topological polar surface area (TPSA) is 71.8 Å². The number of thiazole rings is 1. The molecule has 22 heavy (non-hydrogen) atoms. The van der Waals surface area contributed by atoms with Crippen LogP contribution in [0.15, 0.2) is 11.6 Å². The summed E-state index contributed by atoms with van der Waals surface area (Å²) in [6.45, 7) is 10.2. The Morgan fingerprint density at radius 3 is 2.59 bits per heavy atom. The number of nitrogens with one attached hydrogen (secondary N) is 2. The lowest BCUT2D eigenvalue weighted by molar-refractivity contribution is 0.249. The summed E-state index contributed by atoms with van der Waals surface area (Å²) in [5.41, 5.74) is 2.56. The summed E-state index contributed by atoms with van der Waals surface area (Å²) < 4.78 is 1.67. The Kier molecular flexibility index (Phi) is 4.55. The normalized spacial score (nSPS) is 13.0. The van der Waals surface area contributed by atoms with Crippen LogP contribution < -0.4 is 10.6 Å². The first kappa shape index (κ1) is 16.5. The van der Waals surface area contributed by atoms with Gasteiger partial charge in [0.15, 0.2) is 0 Å². The third kappa shape index (κ3) is 3.85. The lowest BCUT2D eigenvalue weighted by atomic mass is 9.93. The highest BCUT2D eigenvalue weighted by Gasteiger charge is 2.20. The van der Waals surface area contributed by atoms with Crippen molar-refractivity contribution in [2.75, 3.05) is 5.32 Å². The van der Waals surface area contributed by atoms with E-state index >= 15 is 0 Å². The molecule has 0 fully saturated rings. The van der Waals surface area contributed by atoms with Crippen LogP contribution in [0.25, 0.3) is 0 Å². The number of carbonyl (C=O) groups excluding carboxylic acids is 1. The zero-order chi connectivity index (χ0) is 16.5. The number of hydrogen-bond acceptors (Lipinski definition) is 4. The number of anilines is 1. The van der Waals surface area contributed by atoms with Crippen LogP contribution in [0, 0.1) is 6.92 Å². The highest BCUT2D eigenvalue weighted by atomic mass is 32.1. The fraction of sp³-hybridized carbons (Fsp3) is 0.533. The van der Waals surface area contributed by atoms with Gasteiger partial charge in [-0.2, -0.15) is 5.10 Å². The molecule has 2 aromatic rings. The molecule has 2 rings (SSSR count). The summed E-state index contributed by atoms with van der Waals surface area (Å²) in [7, 11) is 1.82. The summed E-state index contributed by atoms with van der Waals surface area (Å²) >= 11 is 1.57. The van der Waals surface area contributed by atoms with Gasteiger partial charge in [0.05, 0.1) is 23.1 Å². The molecule has 0 saturated carbocycles. The van der Waals surface area contributed by atoms with Gasteiger partial charge in [-0.05, 0) is 13.8 Å². The van der Waals surface area contributed by atoms with Gasteiger partial charge in [-0.25, -0.2) is 9.78 Å². The molecule has 0 bridgehead atoms. The fourth-order valence-corrected chi connectivity index (χ4v) is 3.02. The summed E-state index contributed by atoms with van der Waals surface area (Å²) in [6.07, 6.45) is 1.78. The van der Waals surface area contributed by atoms with E-state index in [2.05, 4.69) is 46.9 Å². The number of nitrogens with zero attached hydrogens (tertiary/aromatic N) is 3. The van der Waals surface area contributed by atoms with Crippen molar-refractivity contribution in [1.29, 1.82) is 0 Å². The molecule has 2 aromatic heterocycles. The Morgan fingerprint density at radius 2 is 2.09 bits per heavy atom. The zero-order valence-corrected chi connectivity index (χ0v) is 14.7. The monoisotopic (exact) mass is 321 g/mol. The third-order valence-electron chi connectivity index (χ3n) is 3.27. The van der Waals surface area contributed by atoms with E-state index in [0.29, 0.717) is 5.69 Å². The predicted molar refractivity (Wildman–Crippen MR) is 89.3 cm³/mol. The molecule has 2 heterocycles. The molecule has 6 nitrogen and oxygen atoms in total. The van der Waals surface area contributed by atoms with E-state index in [0.717, 1.165) is 16.4 Å². The van der Waals surface area contributed by atoms with Crippen LogP contribution in [0.1, 0.15) is 50.1 Å². The van der Waals surface area contributed by atoms with Gasteiger partial charge < -0.3 is 10.6 Å². The first-order valence-corrected chi connectivity index (χ1v) is 8.08. The lowest BCUT2D eigenvalue weighted by Crippen LogP contribution is -2.31. The maximum absolute atomic E-state index is 12.1. The van der Waals surface area contributed by atoms with E-state index in [1.54, 1.807) is 22.2 Å². The highest BCUT2D eigenvalue weighted by Crippen LogP contribution is 2.26. The zero-order valence-electron chi connectivity index (χ0n) is 13.9. The highest BCUT2D eigenvalue weighted by molar-refractivity contribution is 7.09. The quantitative estimate of drug-likeness (QED) is 0.910. The van der Waals surface area contributed by atoms with Crippen molar-refractivity contribution in [2.45, 2.75) is 46.1 Å². The average molecular weight is 321 g/mol. The molecule has 0 radical (unpaired) electrons. The summed E-state index contributed by atoms with van der Waals surface area (Å²) in [5.74, 6) is 0. The summed E-state index contributed by atoms with van der Waals surface area (Å²) in [6, 6.07) is -0.394. The van der Waals surface area contributed by atoms with Crippen LogP contribution in [-0.4, -0.2) is 20.8 Å². The van der Waals surface area contributed by atoms with Gasteiger partial charge in [-0.15, -0.1) is 11.3 Å². The van der Waals surface area contributed by atoms with Crippen LogP contribution in [-0.2, 0) is 12.5 Å². The first-order valence-electron chi connectivity index (χ1n) is 7.20. The maximum Gasteiger partial charge on any atom is 0.319 e. The van der Waals surface area contributed by atoms with Crippen LogP contribution in [0.3, 0.4) is 0 Å². The second-order valence-electron chi connectivity index (χ2n) is 6.44. The van der Waals surface area contributed by atoms with E-state index in [1.165, 1.54) is 0 Å². The van der Waals surface area contributed by atoms with Gasteiger partial charge in [0.25, 0.3) is 0 Å². The fourth-order valence-electron chi connectivity index (χ4n) is 1.97. The maximum atomic E-state index is 12.1. The van der Waals surface area contributed by atoms with Crippen LogP contribution in [0.5, 0.6) is 0 Å². The third-order valence-corrected chi connectivity index (χ3v) is 4.30. The number of carbonyl (C=O) groups is 1. The van der Waals surface area contributed by atoms with Gasteiger partial charge in [-0.3, -0.25) is 4.68 Å². The number of hydrogen-bond donors (Lipinski definition) is 2. The van der Waals surface area contributed by atoms with Crippen molar-refractivity contribution in [1.82, 2.24) is 20.1 Å². The standard InChI is InChI=1S/C15H23N5OS/c1-9-11(7-20(6)19-9)17-14(21)16-10(2)13-18-12(8-22-13)15(3,4)5/h7-8,10H,1-6H3,(H2,16,17,21). The molecule has 7 heteroatoms. The number of amides is 2. The molecule has 2 amide bonds. The molecule has 120 valence electrons. The molecular formula is C15H23N5OS. The van der Waals surface area contributed by atoms with E-state index in [9.17, 15) is 4.79 Å². The van der Waals surface area contributed by atoms with Crippen molar-refractivity contribution in [2.24, 2.45) is 7.05 Å². The number of aromatic nitrogens is 3. The Balaban J connectivity index is 1.99. The van der Waals surface area contributed by atoms with E-state index in [1.807, 2.05) is 20.9 Å². The Hall–Kier alpha value is -1.89. The minimum atomic E-state index is -0.254. The molecule has 1 atom stereocenters. The average Bonchev–Trinajstić information content (AvgIpc) is 2.96. The van der Waals surface area contributed by atoms with Crippen molar-refractivity contribution in [3.63, 3.8) is 0 Å². The Morgan fingerprint density at radius 1 is 1.41 bits per heavy atom. The van der Waals surface area contributed by atoms with Crippen molar-refractivity contribution in [3.8, 4) is 0 Å². The van der Waals surface area contributed by atoms with Crippen LogP contribution in [0.2, 0.25) is 0 Å². The summed E-state index contributed by atoms with van der Waals surface area (Å²) in [5, 5.41) is 12.9. The SMILES string of the molecule is Cc1nn(C)cc1NC(=O)NC(C)c1nc(C(C)(C)C)cs1. The smallest absolute Gasteiger partial charge is 0.319 e. The predicted octanol–water partition coefficient (Wildman–Crippen LogP) is 3.37. The molecule has 1 unspecified atom stereocenters. The molecule has 2 N–H and O–H groups in total. The molecular weight excluding hydrogens is 298 g/mol. The molecule has 0 spiro atoms. The first-order chi connectivity index (χ1) is 10.2. The Bertz CT molecular complexity index is 668. The molecule has 0 aromatic carbocycles. The van der Waals surface area contributed by atoms with E-state index in [-0.39, 0.29) is 17.5 Å². The van der Waals surface area contributed by atoms with E-state index < -0.39 is 0 Å². The number of aryl methyl sites for hydroxylation is 2. The van der Waals surface area contributed by atoms with Gasteiger partial charge in [0.2, 0.25) is 0 Å². The minimum absolute atomic E-state index is 0.0174. The Labute approximate surface area is 135 Å². The van der Waals surface area contributed by atoms with Gasteiger partial charge >= 0.3 is 6.03 Å². The van der Waals surface area contributed by atoms with Crippen molar-refractivity contribution < 1.29 is 4.79 Å². The second-order valence-corrected chi connectivity index (χ2v) is 7.33. The summed E-state index contributed by atoms with van der Waals surface area (Å²) in [4.78, 5) is 16.7. The van der Waals surface area contributed by atoms with Crippen LogP contribution in [0.4, 0.5) is 10.5 Å². The lowest BCUT2D eigenvalue weighted by Gasteiger charge is -2.15. The molecule has 0 aliphatic carbocycles. The molecule has 0 saturated heterocycles. The van der Waals surface area contributed by atoms with Crippen molar-refractivity contribution >= 4 is 23.1 Å².